The van der Waals surface area contributed by atoms with E-state index in [0.29, 0.717) is 38.6 Å². The molecule has 1 amide bonds. The number of thiazole rings is 1. The second-order valence-corrected chi connectivity index (χ2v) is 12.9. The molecule has 0 aliphatic carbocycles. The number of amides is 1. The first-order valence-corrected chi connectivity index (χ1v) is 15.7. The molecule has 0 radical (unpaired) electrons. The average Bonchev–Trinajstić information content (AvgIpc) is 3.33. The van der Waals surface area contributed by atoms with Gasteiger partial charge in [-0.3, -0.25) is 9.35 Å². The summed E-state index contributed by atoms with van der Waals surface area (Å²) in [7, 11) is -7.10. The third kappa shape index (κ3) is 9.68. The summed E-state index contributed by atoms with van der Waals surface area (Å²) in [5.41, 5.74) is 2.91. The maximum Gasteiger partial charge on any atom is 1.00 e. The standard InChI is InChI=1S/C27H24N4O7S3.2Na/c1-17-3-12-23-24(25(17)41(36,37)38)39-27(30-23)19-6-8-21(9-7-19)29-26(32)20(16-28)15-18-4-10-22(11-5-18)31(2)13-14-40(33,34)35;;/h3-12,15H,13-14H2,1-2H3,(H,29,32)(H,33,34,35)(H,36,37,38);;/q;2*+1/p-1. The number of nitriles is 1. The van der Waals surface area contributed by atoms with Gasteiger partial charge in [0.25, 0.3) is 16.0 Å². The largest absolute Gasteiger partial charge is 1.00 e. The van der Waals surface area contributed by atoms with Gasteiger partial charge >= 0.3 is 59.1 Å². The van der Waals surface area contributed by atoms with E-state index in [1.807, 2.05) is 6.07 Å². The Kier molecular flexibility index (Phi) is 13.1. The molecule has 0 saturated carbocycles. The van der Waals surface area contributed by atoms with E-state index in [-0.39, 0.29) is 80.8 Å². The third-order valence-electron chi connectivity index (χ3n) is 6.04. The van der Waals surface area contributed by atoms with Gasteiger partial charge in [0.15, 0.2) is 0 Å². The van der Waals surface area contributed by atoms with Crippen LogP contribution in [0.3, 0.4) is 0 Å². The van der Waals surface area contributed by atoms with Crippen molar-refractivity contribution in [2.45, 2.75) is 11.8 Å². The Balaban J connectivity index is 0.00000323. The van der Waals surface area contributed by atoms with Gasteiger partial charge in [0.2, 0.25) is 0 Å². The molecule has 0 unspecified atom stereocenters. The van der Waals surface area contributed by atoms with Crippen molar-refractivity contribution in [1.29, 1.82) is 5.26 Å². The van der Waals surface area contributed by atoms with Gasteiger partial charge < -0.3 is 14.8 Å². The number of carbonyl (C=O) groups is 1. The number of benzene rings is 3. The second-order valence-electron chi connectivity index (χ2n) is 9.03. The van der Waals surface area contributed by atoms with Crippen LogP contribution in [0.2, 0.25) is 0 Å². The number of rotatable bonds is 9. The van der Waals surface area contributed by atoms with Crippen LogP contribution in [0.25, 0.3) is 26.9 Å². The number of nitrogens with one attached hydrogen (secondary N) is 1. The number of aryl methyl sites for hydroxylation is 1. The number of carbonyl (C=O) groups excluding carboxylic acids is 1. The topological polar surface area (TPSA) is 181 Å². The van der Waals surface area contributed by atoms with Crippen LogP contribution in [0.15, 0.2) is 71.1 Å². The first kappa shape index (κ1) is 37.1. The number of hydrogen-bond donors (Lipinski definition) is 2. The third-order valence-corrected chi connectivity index (χ3v) is 9.03. The molecule has 1 aromatic heterocycles. The molecule has 0 aliphatic rings. The summed E-state index contributed by atoms with van der Waals surface area (Å²) < 4.78 is 66.5. The molecule has 1 heterocycles. The number of hydrogen-bond acceptors (Lipinski definition) is 10. The van der Waals surface area contributed by atoms with E-state index in [9.17, 15) is 31.4 Å². The molecular formula is C27H23N4Na2O7S3+. The summed E-state index contributed by atoms with van der Waals surface area (Å²) in [6, 6.07) is 18.4. The zero-order valence-electron chi connectivity index (χ0n) is 23.7. The predicted molar refractivity (Wildman–Crippen MR) is 156 cm³/mol. The Morgan fingerprint density at radius 1 is 1.07 bits per heavy atom. The van der Waals surface area contributed by atoms with Gasteiger partial charge in [-0.05, 0) is 66.6 Å². The molecule has 16 heteroatoms. The number of aromatic nitrogens is 1. The van der Waals surface area contributed by atoms with Crippen LogP contribution < -0.4 is 69.3 Å². The normalized spacial score (nSPS) is 11.7. The summed E-state index contributed by atoms with van der Waals surface area (Å²) >= 11 is 1.08. The first-order chi connectivity index (χ1) is 19.2. The zero-order valence-corrected chi connectivity index (χ0v) is 30.2. The van der Waals surface area contributed by atoms with E-state index >= 15 is 0 Å². The molecule has 4 rings (SSSR count). The van der Waals surface area contributed by atoms with Gasteiger partial charge in [0.05, 0.1) is 20.9 Å². The van der Waals surface area contributed by atoms with Gasteiger partial charge in [-0.1, -0.05) is 18.2 Å². The van der Waals surface area contributed by atoms with Crippen LogP contribution in [-0.4, -0.2) is 56.2 Å². The fourth-order valence-electron chi connectivity index (χ4n) is 3.92. The Labute approximate surface area is 297 Å². The molecule has 0 saturated heterocycles. The van der Waals surface area contributed by atoms with Crippen molar-refractivity contribution in [3.63, 3.8) is 0 Å². The Morgan fingerprint density at radius 2 is 1.70 bits per heavy atom. The molecule has 43 heavy (non-hydrogen) atoms. The van der Waals surface area contributed by atoms with Gasteiger partial charge in [-0.25, -0.2) is 13.4 Å². The minimum absolute atomic E-state index is 0. The summed E-state index contributed by atoms with van der Waals surface area (Å²) in [5, 5.41) is 12.7. The molecule has 0 spiro atoms. The Hall–Kier alpha value is -2.13. The molecule has 0 aliphatic heterocycles. The molecule has 11 nitrogen and oxygen atoms in total. The number of nitrogens with zero attached hydrogens (tertiary/aromatic N) is 3. The monoisotopic (exact) mass is 657 g/mol. The van der Waals surface area contributed by atoms with Crippen LogP contribution in [-0.2, 0) is 25.0 Å². The summed E-state index contributed by atoms with van der Waals surface area (Å²) in [6.45, 7) is 1.64. The van der Waals surface area contributed by atoms with E-state index < -0.39 is 31.9 Å². The summed E-state index contributed by atoms with van der Waals surface area (Å²) in [6.07, 6.45) is 1.41. The van der Waals surface area contributed by atoms with E-state index in [2.05, 4.69) is 10.3 Å². The summed E-state index contributed by atoms with van der Waals surface area (Å²) in [4.78, 5) is 18.6. The van der Waals surface area contributed by atoms with E-state index in [4.69, 9.17) is 4.55 Å². The fourth-order valence-corrected chi connectivity index (χ4v) is 6.71. The zero-order chi connectivity index (χ0) is 29.9. The van der Waals surface area contributed by atoms with Crippen molar-refractivity contribution in [3.8, 4) is 16.6 Å². The van der Waals surface area contributed by atoms with Gasteiger partial charge in [-0.2, -0.15) is 13.7 Å². The van der Waals surface area contributed by atoms with Crippen molar-refractivity contribution in [1.82, 2.24) is 4.98 Å². The van der Waals surface area contributed by atoms with Crippen molar-refractivity contribution in [3.05, 3.63) is 77.4 Å². The Morgan fingerprint density at radius 3 is 2.26 bits per heavy atom. The van der Waals surface area contributed by atoms with Crippen molar-refractivity contribution in [2.24, 2.45) is 0 Å². The van der Waals surface area contributed by atoms with Crippen molar-refractivity contribution < 1.29 is 89.9 Å². The van der Waals surface area contributed by atoms with E-state index in [0.717, 1.165) is 11.3 Å². The Bertz CT molecular complexity index is 1920. The minimum atomic E-state index is -4.69. The van der Waals surface area contributed by atoms with Crippen LogP contribution in [0, 0.1) is 18.3 Å². The van der Waals surface area contributed by atoms with Gasteiger partial charge in [0, 0.05) is 30.5 Å². The number of fused-ring (bicyclic) bond motifs is 1. The average molecular weight is 658 g/mol. The maximum absolute atomic E-state index is 12.8. The molecule has 0 atom stereocenters. The number of anilines is 2. The van der Waals surface area contributed by atoms with Crippen LogP contribution in [0.1, 0.15) is 11.1 Å². The first-order valence-electron chi connectivity index (χ1n) is 11.9. The second kappa shape index (κ2) is 15.2. The SMILES string of the molecule is Cc1ccc2nc(-c3ccc(NC(=O)C(C#N)=Cc4ccc(N(C)CCS(=O)(=O)O)cc4)cc3)sc2c1S(=O)(=O)[O-].[Na+].[Na+]. The van der Waals surface area contributed by atoms with E-state index in [1.54, 1.807) is 73.5 Å². The molecule has 3 aromatic carbocycles. The van der Waals surface area contributed by atoms with Crippen LogP contribution in [0.4, 0.5) is 11.4 Å². The summed E-state index contributed by atoms with van der Waals surface area (Å²) in [5.74, 6) is -1.05. The van der Waals surface area contributed by atoms with E-state index in [1.165, 1.54) is 12.1 Å². The van der Waals surface area contributed by atoms with Crippen LogP contribution >= 0.6 is 11.3 Å². The molecule has 0 bridgehead atoms. The van der Waals surface area contributed by atoms with Crippen molar-refractivity contribution in [2.75, 3.05) is 29.6 Å². The minimum Gasteiger partial charge on any atom is -0.744 e. The molecule has 0 fully saturated rings. The predicted octanol–water partition coefficient (Wildman–Crippen LogP) is -1.95. The smallest absolute Gasteiger partial charge is 0.744 e. The fraction of sp³-hybridized carbons (Fsp3) is 0.148. The van der Waals surface area contributed by atoms with Crippen molar-refractivity contribution >= 4 is 65.1 Å². The molecular weight excluding hydrogens is 634 g/mol. The molecule has 4 aromatic rings. The molecule has 212 valence electrons. The molecule has 2 N–H and O–H groups in total. The van der Waals surface area contributed by atoms with Crippen LogP contribution in [0.5, 0.6) is 0 Å². The maximum atomic E-state index is 12.8. The quantitative estimate of drug-likeness (QED) is 0.0890. The van der Waals surface area contributed by atoms with Gasteiger partial charge in [0.1, 0.15) is 26.8 Å². The van der Waals surface area contributed by atoms with Gasteiger partial charge in [-0.15, -0.1) is 11.3 Å².